The summed E-state index contributed by atoms with van der Waals surface area (Å²) in [5.41, 5.74) is 9.23. The van der Waals surface area contributed by atoms with Crippen molar-refractivity contribution < 1.29 is 19.0 Å². The molecule has 5 N–H and O–H groups in total. The lowest BCUT2D eigenvalue weighted by atomic mass is 10.2. The first-order valence-electron chi connectivity index (χ1n) is 22.7. The molecular weight excluding hydrogens is 857 g/mol. The zero-order chi connectivity index (χ0) is 47.4. The van der Waals surface area contributed by atoms with E-state index in [2.05, 4.69) is 118 Å². The highest BCUT2D eigenvalue weighted by atomic mass is 16.5. The molecule has 0 unspecified atom stereocenters. The Bertz CT molecular complexity index is 2810. The van der Waals surface area contributed by atoms with Gasteiger partial charge in [-0.1, -0.05) is 6.07 Å². The third-order valence-corrected chi connectivity index (χ3v) is 11.8. The predicted octanol–water partition coefficient (Wildman–Crippen LogP) is 9.17. The van der Waals surface area contributed by atoms with Gasteiger partial charge in [0.05, 0.1) is 43.9 Å². The lowest BCUT2D eigenvalue weighted by Crippen LogP contribution is -2.44. The summed E-state index contributed by atoms with van der Waals surface area (Å²) in [6.45, 7) is 9.73. The van der Waals surface area contributed by atoms with E-state index in [1.165, 1.54) is 12.6 Å². The maximum atomic E-state index is 11.5. The molecule has 2 aliphatic rings. The molecule has 0 saturated carbocycles. The molecule has 5 heterocycles. The number of rotatable bonds is 14. The molecule has 3 aromatic heterocycles. The maximum absolute atomic E-state index is 11.5. The number of nitrogens with zero attached hydrogens (tertiary/aromatic N) is 7. The highest BCUT2D eigenvalue weighted by Gasteiger charge is 2.18. The van der Waals surface area contributed by atoms with Gasteiger partial charge < -0.3 is 60.4 Å². The lowest BCUT2D eigenvalue weighted by molar-refractivity contribution is -0.114. The molecule has 0 aliphatic carbocycles. The standard InChI is InChI=1S/C26H32N6O3.C26H28N6O/c1-18(33)28-23-15-19(5-8-24(23)34-3)29-20-9-10-27-26(16-20)30-22-7-6-21(17-25(22)35-4)32-13-11-31(2)12-14-32;1-31-12-14-32(15-13-31)22-6-8-24(25(18-22)33-2)30-26-17-21(9-11-28-26)29-20-5-7-23-19(16-20)4-3-10-27-23/h5-10,15-17H,11-14H2,1-4H3,(H,28,33)(H2,27,29,30);3-11,16-18H,12-15H2,1-2H3,(H2,28,29,30). The fourth-order valence-electron chi connectivity index (χ4n) is 8.08. The van der Waals surface area contributed by atoms with E-state index >= 15 is 0 Å². The van der Waals surface area contributed by atoms with Crippen molar-refractivity contribution in [1.29, 1.82) is 0 Å². The average molecular weight is 917 g/mol. The molecule has 2 fully saturated rings. The number of anilines is 11. The summed E-state index contributed by atoms with van der Waals surface area (Å²) in [7, 11) is 9.26. The number of carbonyl (C=O) groups is 1. The molecule has 2 aliphatic heterocycles. The maximum Gasteiger partial charge on any atom is 0.221 e. The number of piperazine rings is 2. The van der Waals surface area contributed by atoms with Crippen LogP contribution in [0.5, 0.6) is 17.2 Å². The molecule has 9 rings (SSSR count). The van der Waals surface area contributed by atoms with Gasteiger partial charge in [0, 0.05) is 142 Å². The third kappa shape index (κ3) is 12.1. The highest BCUT2D eigenvalue weighted by molar-refractivity contribution is 5.91. The second kappa shape index (κ2) is 22.1. The van der Waals surface area contributed by atoms with Crippen LogP contribution in [0.2, 0.25) is 0 Å². The molecular formula is C52H60N12O4. The normalized spacial score (nSPS) is 14.0. The van der Waals surface area contributed by atoms with Gasteiger partial charge in [-0.25, -0.2) is 9.97 Å². The Morgan fingerprint density at radius 3 is 1.50 bits per heavy atom. The van der Waals surface area contributed by atoms with Gasteiger partial charge in [0.15, 0.2) is 0 Å². The number of likely N-dealkylation sites (N-methyl/N-ethyl adjacent to an activating group) is 2. The summed E-state index contributed by atoms with van der Waals surface area (Å²) in [4.78, 5) is 34.3. The van der Waals surface area contributed by atoms with E-state index in [9.17, 15) is 4.79 Å². The van der Waals surface area contributed by atoms with E-state index in [1.807, 2.05) is 66.9 Å². The molecule has 4 aromatic carbocycles. The molecule has 2 saturated heterocycles. The van der Waals surface area contributed by atoms with E-state index < -0.39 is 0 Å². The second-order valence-corrected chi connectivity index (χ2v) is 16.7. The fourth-order valence-corrected chi connectivity index (χ4v) is 8.08. The van der Waals surface area contributed by atoms with Gasteiger partial charge >= 0.3 is 0 Å². The number of fused-ring (bicyclic) bond motifs is 1. The number of carbonyl (C=O) groups excluding carboxylic acids is 1. The number of methoxy groups -OCH3 is 3. The number of pyridine rings is 3. The fraction of sp³-hybridized carbons (Fsp3) is 0.269. The minimum atomic E-state index is -0.163. The molecule has 0 atom stereocenters. The van der Waals surface area contributed by atoms with Crippen LogP contribution < -0.4 is 50.6 Å². The first-order valence-corrected chi connectivity index (χ1v) is 22.7. The number of benzene rings is 4. The summed E-state index contributed by atoms with van der Waals surface area (Å²) >= 11 is 0. The molecule has 68 heavy (non-hydrogen) atoms. The van der Waals surface area contributed by atoms with E-state index in [0.717, 1.165) is 120 Å². The molecule has 0 bridgehead atoms. The van der Waals surface area contributed by atoms with Crippen LogP contribution in [0.1, 0.15) is 6.92 Å². The summed E-state index contributed by atoms with van der Waals surface area (Å²) in [6.07, 6.45) is 5.33. The predicted molar refractivity (Wildman–Crippen MR) is 276 cm³/mol. The van der Waals surface area contributed by atoms with Gasteiger partial charge in [-0.3, -0.25) is 9.78 Å². The minimum absolute atomic E-state index is 0.163. The molecule has 16 nitrogen and oxygen atoms in total. The van der Waals surface area contributed by atoms with Gasteiger partial charge in [-0.2, -0.15) is 0 Å². The smallest absolute Gasteiger partial charge is 0.221 e. The number of nitrogens with one attached hydrogen (secondary N) is 5. The second-order valence-electron chi connectivity index (χ2n) is 16.7. The van der Waals surface area contributed by atoms with Crippen molar-refractivity contribution in [2.24, 2.45) is 0 Å². The topological polar surface area (TPSA) is 157 Å². The molecule has 16 heteroatoms. The van der Waals surface area contributed by atoms with Crippen molar-refractivity contribution in [3.05, 3.63) is 128 Å². The van der Waals surface area contributed by atoms with Crippen LogP contribution in [-0.4, -0.2) is 118 Å². The lowest BCUT2D eigenvalue weighted by Gasteiger charge is -2.34. The van der Waals surface area contributed by atoms with Gasteiger partial charge in [0.25, 0.3) is 0 Å². The van der Waals surface area contributed by atoms with E-state index in [1.54, 1.807) is 39.8 Å². The Morgan fingerprint density at radius 1 is 0.485 bits per heavy atom. The number of hydrogen-bond acceptors (Lipinski definition) is 15. The van der Waals surface area contributed by atoms with Crippen molar-refractivity contribution in [1.82, 2.24) is 24.8 Å². The van der Waals surface area contributed by atoms with Crippen LogP contribution in [-0.2, 0) is 4.79 Å². The van der Waals surface area contributed by atoms with Crippen molar-refractivity contribution >= 4 is 79.6 Å². The Balaban J connectivity index is 0.000000184. The van der Waals surface area contributed by atoms with E-state index in [4.69, 9.17) is 14.2 Å². The van der Waals surface area contributed by atoms with Crippen molar-refractivity contribution in [3.63, 3.8) is 0 Å². The van der Waals surface area contributed by atoms with Crippen molar-refractivity contribution in [3.8, 4) is 17.2 Å². The SMILES string of the molecule is COc1cc(N2CCN(C)CC2)ccc1Nc1cc(Nc2ccc3ncccc3c2)ccn1.COc1ccc(Nc2ccnc(Nc3ccc(N4CCN(C)CC4)cc3OC)c2)cc1NC(C)=O. The number of amides is 1. The number of hydrogen-bond donors (Lipinski definition) is 5. The van der Waals surface area contributed by atoms with Crippen LogP contribution in [0.3, 0.4) is 0 Å². The number of ether oxygens (including phenoxy) is 3. The van der Waals surface area contributed by atoms with Crippen LogP contribution in [0, 0.1) is 0 Å². The average Bonchev–Trinajstić information content (AvgIpc) is 3.35. The molecule has 1 amide bonds. The van der Waals surface area contributed by atoms with Crippen LogP contribution in [0.25, 0.3) is 10.9 Å². The Hall–Kier alpha value is -7.82. The quantitative estimate of drug-likeness (QED) is 0.0703. The third-order valence-electron chi connectivity index (χ3n) is 11.8. The zero-order valence-corrected chi connectivity index (χ0v) is 39.5. The van der Waals surface area contributed by atoms with Gasteiger partial charge in [-0.15, -0.1) is 0 Å². The van der Waals surface area contributed by atoms with Crippen LogP contribution in [0.15, 0.2) is 128 Å². The van der Waals surface area contributed by atoms with Crippen LogP contribution in [0.4, 0.5) is 62.8 Å². The monoisotopic (exact) mass is 916 g/mol. The minimum Gasteiger partial charge on any atom is -0.495 e. The van der Waals surface area contributed by atoms with E-state index in [0.29, 0.717) is 17.3 Å². The number of aromatic nitrogens is 3. The largest absolute Gasteiger partial charge is 0.495 e. The molecule has 0 spiro atoms. The zero-order valence-electron chi connectivity index (χ0n) is 39.5. The Kier molecular flexibility index (Phi) is 15.2. The molecule has 7 aromatic rings. The molecule has 0 radical (unpaired) electrons. The van der Waals surface area contributed by atoms with Gasteiger partial charge in [0.1, 0.15) is 28.9 Å². The molecule has 352 valence electrons. The van der Waals surface area contributed by atoms with Gasteiger partial charge in [0.2, 0.25) is 5.91 Å². The summed E-state index contributed by atoms with van der Waals surface area (Å²) in [5.74, 6) is 3.41. The summed E-state index contributed by atoms with van der Waals surface area (Å²) in [5, 5.41) is 17.5. The highest BCUT2D eigenvalue weighted by Crippen LogP contribution is 2.35. The first kappa shape index (κ1) is 46.7. The Morgan fingerprint density at radius 2 is 0.985 bits per heavy atom. The van der Waals surface area contributed by atoms with Gasteiger partial charge in [-0.05, 0) is 93.0 Å². The summed E-state index contributed by atoms with van der Waals surface area (Å²) < 4.78 is 16.7. The van der Waals surface area contributed by atoms with Crippen molar-refractivity contribution in [2.75, 3.05) is 124 Å². The first-order chi connectivity index (χ1) is 33.1. The Labute approximate surface area is 398 Å². The summed E-state index contributed by atoms with van der Waals surface area (Å²) in [6, 6.07) is 35.9. The van der Waals surface area contributed by atoms with Crippen LogP contribution >= 0.6 is 0 Å². The van der Waals surface area contributed by atoms with Crippen molar-refractivity contribution in [2.45, 2.75) is 6.92 Å². The van der Waals surface area contributed by atoms with E-state index in [-0.39, 0.29) is 5.91 Å².